The monoisotopic (exact) mass is 276 g/mol. The number of piperidine rings is 1. The summed E-state index contributed by atoms with van der Waals surface area (Å²) >= 11 is 0. The van der Waals surface area contributed by atoms with Gasteiger partial charge < -0.3 is 10.2 Å². The lowest BCUT2D eigenvalue weighted by Crippen LogP contribution is -2.51. The molecule has 0 radical (unpaired) electrons. The Bertz CT molecular complexity index is 381. The molecule has 6 heteroatoms. The number of nitrogens with zero attached hydrogens (tertiary/aromatic N) is 1. The fraction of sp³-hybridized carbons (Fsp3) is 0.917. The minimum absolute atomic E-state index is 0.258. The lowest BCUT2D eigenvalue weighted by molar-refractivity contribution is -0.130. The van der Waals surface area contributed by atoms with Gasteiger partial charge in [-0.15, -0.1) is 0 Å². The van der Waals surface area contributed by atoms with Gasteiger partial charge in [-0.1, -0.05) is 20.3 Å². The number of likely N-dealkylation sites (tertiary alicyclic amines) is 1. The number of nitrogens with one attached hydrogen (secondary N) is 1. The molecule has 18 heavy (non-hydrogen) atoms. The number of hydrogen-bond acceptors (Lipinski definition) is 4. The summed E-state index contributed by atoms with van der Waals surface area (Å²) in [7, 11) is -3.23. The van der Waals surface area contributed by atoms with Gasteiger partial charge in [0, 0.05) is 25.4 Å². The molecule has 0 spiro atoms. The first-order chi connectivity index (χ1) is 8.37. The van der Waals surface area contributed by atoms with Gasteiger partial charge in [-0.2, -0.15) is 0 Å². The first kappa shape index (κ1) is 15.4. The fourth-order valence-corrected chi connectivity index (χ4v) is 3.15. The largest absolute Gasteiger partial charge is 0.341 e. The van der Waals surface area contributed by atoms with Crippen molar-refractivity contribution >= 4 is 15.7 Å². The van der Waals surface area contributed by atoms with Gasteiger partial charge in [0.1, 0.15) is 5.75 Å². The molecule has 1 amide bonds. The summed E-state index contributed by atoms with van der Waals surface area (Å²) in [5.41, 5.74) is 0. The first-order valence-electron chi connectivity index (χ1n) is 6.56. The molecule has 1 saturated heterocycles. The van der Waals surface area contributed by atoms with Gasteiger partial charge >= 0.3 is 0 Å². The van der Waals surface area contributed by atoms with E-state index in [1.54, 1.807) is 4.90 Å². The second-order valence-electron chi connectivity index (χ2n) is 5.03. The summed E-state index contributed by atoms with van der Waals surface area (Å²) < 4.78 is 22.3. The van der Waals surface area contributed by atoms with Crippen molar-refractivity contribution in [1.82, 2.24) is 10.2 Å². The standard InChI is InChI=1S/C12H24N2O3S/c1-4-10-8-14(7-6-11(10)13-5-2)12(15)9-18(3,16)17/h10-11,13H,4-9H2,1-3H3. The van der Waals surface area contributed by atoms with Crippen LogP contribution in [0.1, 0.15) is 26.7 Å². The molecule has 1 aliphatic heterocycles. The lowest BCUT2D eigenvalue weighted by atomic mass is 9.90. The van der Waals surface area contributed by atoms with E-state index >= 15 is 0 Å². The van der Waals surface area contributed by atoms with Crippen molar-refractivity contribution in [3.63, 3.8) is 0 Å². The smallest absolute Gasteiger partial charge is 0.237 e. The molecule has 0 aromatic heterocycles. The van der Waals surface area contributed by atoms with Crippen molar-refractivity contribution in [2.24, 2.45) is 5.92 Å². The number of sulfone groups is 1. The van der Waals surface area contributed by atoms with Crippen LogP contribution in [0.4, 0.5) is 0 Å². The molecule has 2 unspecified atom stereocenters. The molecule has 0 aromatic carbocycles. The zero-order valence-electron chi connectivity index (χ0n) is 11.5. The minimum Gasteiger partial charge on any atom is -0.341 e. The first-order valence-corrected chi connectivity index (χ1v) is 8.62. The zero-order valence-corrected chi connectivity index (χ0v) is 12.3. The van der Waals surface area contributed by atoms with Gasteiger partial charge in [-0.25, -0.2) is 8.42 Å². The molecule has 0 aliphatic carbocycles. The molecule has 1 aliphatic rings. The molecule has 1 rings (SSSR count). The van der Waals surface area contributed by atoms with Crippen molar-refractivity contribution in [3.05, 3.63) is 0 Å². The predicted octanol–water partition coefficient (Wildman–Crippen LogP) is 0.268. The summed E-state index contributed by atoms with van der Waals surface area (Å²) in [6.45, 7) is 6.44. The summed E-state index contributed by atoms with van der Waals surface area (Å²) in [5, 5.41) is 3.44. The Kier molecular flexibility index (Phi) is 5.59. The third-order valence-electron chi connectivity index (χ3n) is 3.46. The summed E-state index contributed by atoms with van der Waals surface area (Å²) in [6, 6.07) is 0.447. The van der Waals surface area contributed by atoms with E-state index in [0.29, 0.717) is 25.0 Å². The summed E-state index contributed by atoms with van der Waals surface area (Å²) in [6.07, 6.45) is 3.01. The van der Waals surface area contributed by atoms with Gasteiger partial charge in [-0.05, 0) is 18.9 Å². The average molecular weight is 276 g/mol. The molecule has 5 nitrogen and oxygen atoms in total. The van der Waals surface area contributed by atoms with Crippen molar-refractivity contribution in [3.8, 4) is 0 Å². The van der Waals surface area contributed by atoms with E-state index in [1.807, 2.05) is 0 Å². The average Bonchev–Trinajstić information content (AvgIpc) is 2.27. The van der Waals surface area contributed by atoms with Crippen LogP contribution >= 0.6 is 0 Å². The molecule has 1 heterocycles. The van der Waals surface area contributed by atoms with Crippen molar-refractivity contribution < 1.29 is 13.2 Å². The van der Waals surface area contributed by atoms with Gasteiger partial charge in [-0.3, -0.25) is 4.79 Å². The molecular weight excluding hydrogens is 252 g/mol. The van der Waals surface area contributed by atoms with Crippen LogP contribution in [-0.4, -0.2) is 56.9 Å². The normalized spacial score (nSPS) is 25.2. The van der Waals surface area contributed by atoms with E-state index in [2.05, 4.69) is 19.2 Å². The number of carbonyl (C=O) groups is 1. The van der Waals surface area contributed by atoms with Gasteiger partial charge in [0.05, 0.1) is 0 Å². The van der Waals surface area contributed by atoms with Crippen LogP contribution in [-0.2, 0) is 14.6 Å². The highest BCUT2D eigenvalue weighted by molar-refractivity contribution is 7.91. The van der Waals surface area contributed by atoms with Crippen LogP contribution < -0.4 is 5.32 Å². The second kappa shape index (κ2) is 6.52. The van der Waals surface area contributed by atoms with Crippen LogP contribution in [0.25, 0.3) is 0 Å². The van der Waals surface area contributed by atoms with E-state index in [4.69, 9.17) is 0 Å². The molecule has 0 saturated carbocycles. The molecule has 1 fully saturated rings. The third-order valence-corrected chi connectivity index (χ3v) is 4.23. The molecule has 2 atom stereocenters. The van der Waals surface area contributed by atoms with E-state index in [0.717, 1.165) is 25.6 Å². The Balaban J connectivity index is 2.59. The number of amides is 1. The van der Waals surface area contributed by atoms with Crippen LogP contribution in [0, 0.1) is 5.92 Å². The Morgan fingerprint density at radius 2 is 2.06 bits per heavy atom. The highest BCUT2D eigenvalue weighted by Crippen LogP contribution is 2.20. The van der Waals surface area contributed by atoms with Gasteiger partial charge in [0.25, 0.3) is 0 Å². The molecule has 106 valence electrons. The van der Waals surface area contributed by atoms with E-state index < -0.39 is 9.84 Å². The van der Waals surface area contributed by atoms with Crippen LogP contribution in [0.2, 0.25) is 0 Å². The maximum atomic E-state index is 11.9. The lowest BCUT2D eigenvalue weighted by Gasteiger charge is -2.38. The third kappa shape index (κ3) is 4.57. The van der Waals surface area contributed by atoms with E-state index in [-0.39, 0.29) is 11.7 Å². The van der Waals surface area contributed by atoms with Crippen LogP contribution in [0.5, 0.6) is 0 Å². The predicted molar refractivity (Wildman–Crippen MR) is 72.2 cm³/mol. The molecule has 1 N–H and O–H groups in total. The molecule has 0 bridgehead atoms. The quantitative estimate of drug-likeness (QED) is 0.782. The maximum Gasteiger partial charge on any atom is 0.237 e. The summed E-state index contributed by atoms with van der Waals surface area (Å²) in [5.74, 6) is -0.205. The van der Waals surface area contributed by atoms with Crippen molar-refractivity contribution in [2.45, 2.75) is 32.7 Å². The zero-order chi connectivity index (χ0) is 13.8. The Labute approximate surface area is 110 Å². The SMILES string of the molecule is CCNC1CCN(C(=O)CS(C)(=O)=O)CC1CC. The van der Waals surface area contributed by atoms with Crippen molar-refractivity contribution in [2.75, 3.05) is 31.6 Å². The second-order valence-corrected chi connectivity index (χ2v) is 7.17. The number of carbonyl (C=O) groups excluding carboxylic acids is 1. The number of hydrogen-bond donors (Lipinski definition) is 1. The van der Waals surface area contributed by atoms with Crippen LogP contribution in [0.15, 0.2) is 0 Å². The van der Waals surface area contributed by atoms with E-state index in [9.17, 15) is 13.2 Å². The van der Waals surface area contributed by atoms with Crippen LogP contribution in [0.3, 0.4) is 0 Å². The Morgan fingerprint density at radius 3 is 2.56 bits per heavy atom. The van der Waals surface area contributed by atoms with Crippen molar-refractivity contribution in [1.29, 1.82) is 0 Å². The fourth-order valence-electron chi connectivity index (χ4n) is 2.52. The Morgan fingerprint density at radius 1 is 1.39 bits per heavy atom. The van der Waals surface area contributed by atoms with Gasteiger partial charge in [0.2, 0.25) is 5.91 Å². The molecular formula is C12H24N2O3S. The molecule has 0 aromatic rings. The highest BCUT2D eigenvalue weighted by Gasteiger charge is 2.30. The Hall–Kier alpha value is -0.620. The van der Waals surface area contributed by atoms with E-state index in [1.165, 1.54) is 0 Å². The summed E-state index contributed by atoms with van der Waals surface area (Å²) in [4.78, 5) is 13.6. The highest BCUT2D eigenvalue weighted by atomic mass is 32.2. The number of rotatable bonds is 5. The topological polar surface area (TPSA) is 66.5 Å². The minimum atomic E-state index is -3.23. The maximum absolute atomic E-state index is 11.9. The van der Waals surface area contributed by atoms with Gasteiger partial charge in [0.15, 0.2) is 9.84 Å².